The first-order valence-electron chi connectivity index (χ1n) is 9.97. The monoisotopic (exact) mass is 493 g/mol. The van der Waals surface area contributed by atoms with Crippen molar-refractivity contribution in [3.8, 4) is 0 Å². The summed E-state index contributed by atoms with van der Waals surface area (Å²) in [6.07, 6.45) is 5.47. The molecule has 7 nitrogen and oxygen atoms in total. The van der Waals surface area contributed by atoms with E-state index in [9.17, 15) is 9.59 Å². The molecular formula is C19H36IN5O2. The maximum atomic E-state index is 12.4. The molecule has 27 heavy (non-hydrogen) atoms. The van der Waals surface area contributed by atoms with Gasteiger partial charge in [-0.05, 0) is 37.5 Å². The summed E-state index contributed by atoms with van der Waals surface area (Å²) in [6.45, 7) is 6.43. The lowest BCUT2D eigenvalue weighted by Gasteiger charge is -2.34. The Hall–Kier alpha value is -1.06. The van der Waals surface area contributed by atoms with Crippen LogP contribution >= 0.6 is 24.0 Å². The lowest BCUT2D eigenvalue weighted by molar-refractivity contribution is -0.132. The molecule has 0 radical (unpaired) electrons. The summed E-state index contributed by atoms with van der Waals surface area (Å²) in [5, 5.41) is 6.04. The second kappa shape index (κ2) is 12.4. The molecule has 2 aliphatic rings. The summed E-state index contributed by atoms with van der Waals surface area (Å²) in [4.78, 5) is 32.5. The minimum Gasteiger partial charge on any atom is -0.359 e. The van der Waals surface area contributed by atoms with E-state index in [4.69, 9.17) is 0 Å². The highest BCUT2D eigenvalue weighted by Crippen LogP contribution is 2.20. The van der Waals surface area contributed by atoms with Crippen molar-refractivity contribution in [1.82, 2.24) is 20.4 Å². The number of hydrogen-bond donors (Lipinski definition) is 2. The molecule has 0 aliphatic carbocycles. The number of hydrogen-bond acceptors (Lipinski definition) is 3. The van der Waals surface area contributed by atoms with E-state index >= 15 is 0 Å². The minimum atomic E-state index is 0. The number of likely N-dealkylation sites (tertiary alicyclic amines) is 2. The highest BCUT2D eigenvalue weighted by molar-refractivity contribution is 14.0. The molecule has 0 aromatic rings. The van der Waals surface area contributed by atoms with Gasteiger partial charge in [0.1, 0.15) is 0 Å². The van der Waals surface area contributed by atoms with Gasteiger partial charge in [0, 0.05) is 59.7 Å². The van der Waals surface area contributed by atoms with Gasteiger partial charge in [0.25, 0.3) is 0 Å². The van der Waals surface area contributed by atoms with Crippen LogP contribution in [-0.4, -0.2) is 74.4 Å². The number of amides is 2. The Balaban J connectivity index is 0.00000364. The van der Waals surface area contributed by atoms with E-state index in [0.29, 0.717) is 31.2 Å². The van der Waals surface area contributed by atoms with Gasteiger partial charge in [0.15, 0.2) is 5.96 Å². The van der Waals surface area contributed by atoms with E-state index < -0.39 is 0 Å². The molecule has 0 saturated carbocycles. The van der Waals surface area contributed by atoms with Crippen molar-refractivity contribution >= 4 is 41.8 Å². The predicted molar refractivity (Wildman–Crippen MR) is 119 cm³/mol. The number of guanidine groups is 1. The molecular weight excluding hydrogens is 457 g/mol. The molecule has 0 aromatic carbocycles. The van der Waals surface area contributed by atoms with E-state index in [1.807, 2.05) is 4.90 Å². The van der Waals surface area contributed by atoms with E-state index in [1.165, 1.54) is 6.42 Å². The predicted octanol–water partition coefficient (Wildman–Crippen LogP) is 1.68. The highest BCUT2D eigenvalue weighted by atomic mass is 127. The van der Waals surface area contributed by atoms with Gasteiger partial charge in [0.05, 0.1) is 0 Å². The van der Waals surface area contributed by atoms with Crippen LogP contribution in [0.1, 0.15) is 45.4 Å². The standard InChI is InChI=1S/C19H35N5O2.HI/c1-15-5-4-10-24(14-15)18(26)6-9-22-19(21-3)23-11-7-16(8-12-23)13-17(25)20-2;/h15-16H,4-14H2,1-3H3,(H,20,25)(H,21,22);1H. The molecule has 0 aromatic heterocycles. The number of carbonyl (C=O) groups is 2. The van der Waals surface area contributed by atoms with Crippen molar-refractivity contribution in [1.29, 1.82) is 0 Å². The number of halogens is 1. The van der Waals surface area contributed by atoms with Crippen molar-refractivity contribution in [2.45, 2.75) is 45.4 Å². The van der Waals surface area contributed by atoms with Crippen LogP contribution in [0.3, 0.4) is 0 Å². The van der Waals surface area contributed by atoms with Gasteiger partial charge in [0.2, 0.25) is 11.8 Å². The topological polar surface area (TPSA) is 77.0 Å². The van der Waals surface area contributed by atoms with Gasteiger partial charge >= 0.3 is 0 Å². The molecule has 2 fully saturated rings. The van der Waals surface area contributed by atoms with Crippen LogP contribution in [0.4, 0.5) is 0 Å². The van der Waals surface area contributed by atoms with Crippen molar-refractivity contribution in [2.75, 3.05) is 46.8 Å². The number of nitrogens with one attached hydrogen (secondary N) is 2. The molecule has 156 valence electrons. The molecule has 0 spiro atoms. The molecule has 2 N–H and O–H groups in total. The van der Waals surface area contributed by atoms with E-state index in [0.717, 1.165) is 51.4 Å². The van der Waals surface area contributed by atoms with Crippen LogP contribution in [0.25, 0.3) is 0 Å². The molecule has 2 saturated heterocycles. The van der Waals surface area contributed by atoms with Crippen LogP contribution < -0.4 is 10.6 Å². The smallest absolute Gasteiger partial charge is 0.224 e. The third-order valence-electron chi connectivity index (χ3n) is 5.51. The summed E-state index contributed by atoms with van der Waals surface area (Å²) in [5.74, 6) is 2.29. The quantitative estimate of drug-likeness (QED) is 0.347. The van der Waals surface area contributed by atoms with Crippen LogP contribution in [-0.2, 0) is 9.59 Å². The van der Waals surface area contributed by atoms with E-state index in [2.05, 4.69) is 27.4 Å². The lowest BCUT2D eigenvalue weighted by Crippen LogP contribution is -2.47. The Kier molecular flexibility index (Phi) is 11.0. The zero-order valence-corrected chi connectivity index (χ0v) is 19.3. The fraction of sp³-hybridized carbons (Fsp3) is 0.842. The normalized spacial score (nSPS) is 21.4. The number of aliphatic imine (C=N–C) groups is 1. The average Bonchev–Trinajstić information content (AvgIpc) is 2.66. The average molecular weight is 493 g/mol. The zero-order valence-electron chi connectivity index (χ0n) is 17.0. The van der Waals surface area contributed by atoms with Crippen molar-refractivity contribution < 1.29 is 9.59 Å². The SMILES string of the molecule is CN=C(NCCC(=O)N1CCCC(C)C1)N1CCC(CC(=O)NC)CC1.I. The molecule has 2 rings (SSSR count). The third kappa shape index (κ3) is 7.83. The lowest BCUT2D eigenvalue weighted by atomic mass is 9.93. The largest absolute Gasteiger partial charge is 0.359 e. The summed E-state index contributed by atoms with van der Waals surface area (Å²) in [6, 6.07) is 0. The summed E-state index contributed by atoms with van der Waals surface area (Å²) >= 11 is 0. The van der Waals surface area contributed by atoms with Crippen LogP contribution in [0.15, 0.2) is 4.99 Å². The molecule has 0 bridgehead atoms. The molecule has 1 atom stereocenters. The number of rotatable bonds is 5. The Morgan fingerprint density at radius 2 is 1.81 bits per heavy atom. The van der Waals surface area contributed by atoms with Crippen LogP contribution in [0.2, 0.25) is 0 Å². The third-order valence-corrected chi connectivity index (χ3v) is 5.51. The Labute approximate surface area is 180 Å². The second-order valence-corrected chi connectivity index (χ2v) is 7.62. The molecule has 2 aliphatic heterocycles. The fourth-order valence-electron chi connectivity index (χ4n) is 3.90. The Morgan fingerprint density at radius 3 is 2.41 bits per heavy atom. The van der Waals surface area contributed by atoms with Crippen molar-refractivity contribution in [2.24, 2.45) is 16.8 Å². The maximum absolute atomic E-state index is 12.4. The molecule has 8 heteroatoms. The summed E-state index contributed by atoms with van der Waals surface area (Å²) in [7, 11) is 3.47. The first-order chi connectivity index (χ1) is 12.5. The maximum Gasteiger partial charge on any atom is 0.224 e. The van der Waals surface area contributed by atoms with Gasteiger partial charge in [-0.1, -0.05) is 6.92 Å². The van der Waals surface area contributed by atoms with Gasteiger partial charge in [-0.15, -0.1) is 24.0 Å². The van der Waals surface area contributed by atoms with Crippen LogP contribution in [0.5, 0.6) is 0 Å². The first-order valence-corrected chi connectivity index (χ1v) is 9.97. The van der Waals surface area contributed by atoms with Gasteiger partial charge < -0.3 is 20.4 Å². The molecule has 2 heterocycles. The molecule has 1 unspecified atom stereocenters. The van der Waals surface area contributed by atoms with Crippen molar-refractivity contribution in [3.05, 3.63) is 0 Å². The van der Waals surface area contributed by atoms with E-state index in [1.54, 1.807) is 14.1 Å². The van der Waals surface area contributed by atoms with E-state index in [-0.39, 0.29) is 35.8 Å². The zero-order chi connectivity index (χ0) is 18.9. The molecule has 2 amide bonds. The highest BCUT2D eigenvalue weighted by Gasteiger charge is 2.24. The van der Waals surface area contributed by atoms with Gasteiger partial charge in [-0.2, -0.15) is 0 Å². The fourth-order valence-corrected chi connectivity index (χ4v) is 3.90. The summed E-state index contributed by atoms with van der Waals surface area (Å²) in [5.41, 5.74) is 0. The minimum absolute atomic E-state index is 0. The first kappa shape index (κ1) is 24.0. The van der Waals surface area contributed by atoms with Gasteiger partial charge in [-0.3, -0.25) is 14.6 Å². The number of nitrogens with zero attached hydrogens (tertiary/aromatic N) is 3. The Bertz CT molecular complexity index is 506. The number of piperidine rings is 2. The summed E-state index contributed by atoms with van der Waals surface area (Å²) < 4.78 is 0. The van der Waals surface area contributed by atoms with Crippen molar-refractivity contribution in [3.63, 3.8) is 0 Å². The second-order valence-electron chi connectivity index (χ2n) is 7.62. The number of carbonyl (C=O) groups excluding carboxylic acids is 2. The van der Waals surface area contributed by atoms with Gasteiger partial charge in [-0.25, -0.2) is 0 Å². The van der Waals surface area contributed by atoms with Crippen LogP contribution in [0, 0.1) is 11.8 Å². The Morgan fingerprint density at radius 1 is 1.11 bits per heavy atom.